The van der Waals surface area contributed by atoms with Crippen LogP contribution in [0.3, 0.4) is 0 Å². The van der Waals surface area contributed by atoms with E-state index in [1.54, 1.807) is 23.8 Å². The van der Waals surface area contributed by atoms with E-state index in [1.165, 1.54) is 19.1 Å². The zero-order chi connectivity index (χ0) is 22.5. The SMILES string of the molecule is Cc1nc(NC(Br)c2cccc(C(F)(F)F)c2C)c2cn([C@H]3C[C@@H](O)C3)c(=O)cc2n1. The van der Waals surface area contributed by atoms with Crippen LogP contribution in [0.1, 0.15) is 46.3 Å². The van der Waals surface area contributed by atoms with Crippen LogP contribution in [0.2, 0.25) is 0 Å². The number of benzene rings is 1. The standard InChI is InChI=1S/C21H20BrF3N4O2/c1-10-14(4-3-5-16(10)21(23,24)25)19(22)28-20-15-9-29(12-6-13(30)7-12)18(31)8-17(15)26-11(2)27-20/h3-5,8-9,12-13,19,30H,6-7H2,1-2H3,(H,26,27,28)/t12-,13+,19?. The van der Waals surface area contributed by atoms with E-state index >= 15 is 0 Å². The molecule has 1 aromatic carbocycles. The van der Waals surface area contributed by atoms with Gasteiger partial charge >= 0.3 is 6.18 Å². The van der Waals surface area contributed by atoms with E-state index in [0.717, 1.165) is 6.07 Å². The molecule has 2 heterocycles. The molecule has 0 radical (unpaired) electrons. The summed E-state index contributed by atoms with van der Waals surface area (Å²) in [6.45, 7) is 3.11. The topological polar surface area (TPSA) is 80.0 Å². The van der Waals surface area contributed by atoms with E-state index in [-0.39, 0.29) is 17.2 Å². The lowest BCUT2D eigenvalue weighted by molar-refractivity contribution is -0.138. The number of halogens is 4. The lowest BCUT2D eigenvalue weighted by atomic mass is 9.89. The molecule has 1 aliphatic rings. The van der Waals surface area contributed by atoms with Crippen LogP contribution in [0, 0.1) is 13.8 Å². The number of nitrogens with one attached hydrogen (secondary N) is 1. The first kappa shape index (κ1) is 21.8. The molecule has 164 valence electrons. The summed E-state index contributed by atoms with van der Waals surface area (Å²) in [5, 5.41) is 13.3. The quantitative estimate of drug-likeness (QED) is 0.406. The number of anilines is 1. The highest BCUT2D eigenvalue weighted by Crippen LogP contribution is 2.37. The minimum absolute atomic E-state index is 0.105. The molecular weight excluding hydrogens is 477 g/mol. The van der Waals surface area contributed by atoms with Gasteiger partial charge in [0.05, 0.1) is 22.6 Å². The van der Waals surface area contributed by atoms with Gasteiger partial charge in [-0.15, -0.1) is 0 Å². The Balaban J connectivity index is 1.74. The van der Waals surface area contributed by atoms with Gasteiger partial charge in [-0.1, -0.05) is 28.1 Å². The van der Waals surface area contributed by atoms with E-state index in [1.807, 2.05) is 0 Å². The summed E-state index contributed by atoms with van der Waals surface area (Å²) in [4.78, 5) is 20.6. The van der Waals surface area contributed by atoms with Gasteiger partial charge in [-0.2, -0.15) is 13.2 Å². The molecule has 0 spiro atoms. The molecule has 1 unspecified atom stereocenters. The number of aromatic nitrogens is 3. The first-order valence-electron chi connectivity index (χ1n) is 9.70. The molecule has 2 aromatic heterocycles. The molecule has 1 atom stereocenters. The number of hydrogen-bond acceptors (Lipinski definition) is 5. The molecule has 0 aliphatic heterocycles. The van der Waals surface area contributed by atoms with Gasteiger partial charge < -0.3 is 15.0 Å². The van der Waals surface area contributed by atoms with Gasteiger partial charge in [0.15, 0.2) is 0 Å². The van der Waals surface area contributed by atoms with Crippen molar-refractivity contribution in [2.24, 2.45) is 0 Å². The van der Waals surface area contributed by atoms with Crippen molar-refractivity contribution in [3.63, 3.8) is 0 Å². The second kappa shape index (κ2) is 7.90. The highest BCUT2D eigenvalue weighted by Gasteiger charge is 2.34. The Morgan fingerprint density at radius 2 is 1.97 bits per heavy atom. The molecule has 1 saturated carbocycles. The zero-order valence-electron chi connectivity index (χ0n) is 16.7. The smallest absolute Gasteiger partial charge is 0.393 e. The van der Waals surface area contributed by atoms with E-state index in [2.05, 4.69) is 31.2 Å². The Morgan fingerprint density at radius 3 is 2.61 bits per heavy atom. The van der Waals surface area contributed by atoms with Gasteiger partial charge in [-0.25, -0.2) is 9.97 Å². The second-order valence-corrected chi connectivity index (χ2v) is 8.66. The Labute approximate surface area is 184 Å². The fourth-order valence-corrected chi connectivity index (χ4v) is 4.56. The molecule has 1 fully saturated rings. The van der Waals surface area contributed by atoms with Crippen LogP contribution in [0.25, 0.3) is 10.9 Å². The number of rotatable bonds is 4. The van der Waals surface area contributed by atoms with Crippen molar-refractivity contribution in [2.45, 2.75) is 50.0 Å². The third-order valence-corrected chi connectivity index (χ3v) is 6.29. The fourth-order valence-electron chi connectivity index (χ4n) is 3.85. The van der Waals surface area contributed by atoms with Gasteiger partial charge in [-0.05, 0) is 43.9 Å². The van der Waals surface area contributed by atoms with Crippen molar-refractivity contribution >= 4 is 32.7 Å². The van der Waals surface area contributed by atoms with Crippen molar-refractivity contribution in [1.82, 2.24) is 14.5 Å². The molecule has 4 rings (SSSR count). The van der Waals surface area contributed by atoms with Crippen LogP contribution in [-0.2, 0) is 6.18 Å². The Kier molecular flexibility index (Phi) is 5.55. The highest BCUT2D eigenvalue weighted by atomic mass is 79.9. The van der Waals surface area contributed by atoms with Gasteiger partial charge in [0.1, 0.15) is 16.6 Å². The molecule has 1 aliphatic carbocycles. The van der Waals surface area contributed by atoms with Crippen LogP contribution in [0.4, 0.5) is 19.0 Å². The van der Waals surface area contributed by atoms with Crippen LogP contribution in [-0.4, -0.2) is 25.7 Å². The second-order valence-electron chi connectivity index (χ2n) is 7.74. The van der Waals surface area contributed by atoms with E-state index in [4.69, 9.17) is 0 Å². The van der Waals surface area contributed by atoms with Crippen LogP contribution < -0.4 is 10.9 Å². The minimum atomic E-state index is -4.45. The first-order valence-corrected chi connectivity index (χ1v) is 10.6. The number of fused-ring (bicyclic) bond motifs is 1. The number of aliphatic hydroxyl groups excluding tert-OH is 1. The van der Waals surface area contributed by atoms with Crippen molar-refractivity contribution in [3.8, 4) is 0 Å². The third-order valence-electron chi connectivity index (χ3n) is 5.57. The van der Waals surface area contributed by atoms with Gasteiger partial charge in [0, 0.05) is 18.3 Å². The number of nitrogens with zero attached hydrogens (tertiary/aromatic N) is 3. The number of aryl methyl sites for hydroxylation is 1. The molecular formula is C21H20BrF3N4O2. The first-order chi connectivity index (χ1) is 14.5. The number of pyridine rings is 1. The molecule has 2 N–H and O–H groups in total. The van der Waals surface area contributed by atoms with E-state index in [9.17, 15) is 23.1 Å². The van der Waals surface area contributed by atoms with E-state index in [0.29, 0.717) is 41.0 Å². The summed E-state index contributed by atoms with van der Waals surface area (Å²) in [5.41, 5.74) is 0.0565. The molecule has 0 amide bonds. The monoisotopic (exact) mass is 496 g/mol. The Hall–Kier alpha value is -2.46. The molecule has 10 heteroatoms. The number of alkyl halides is 4. The van der Waals surface area contributed by atoms with Crippen molar-refractivity contribution in [1.29, 1.82) is 0 Å². The Morgan fingerprint density at radius 1 is 1.26 bits per heavy atom. The molecule has 6 nitrogen and oxygen atoms in total. The zero-order valence-corrected chi connectivity index (χ0v) is 18.3. The van der Waals surface area contributed by atoms with Crippen LogP contribution in [0.15, 0.2) is 35.3 Å². The fraction of sp³-hybridized carbons (Fsp3) is 0.381. The number of hydrogen-bond donors (Lipinski definition) is 2. The highest BCUT2D eigenvalue weighted by molar-refractivity contribution is 9.09. The maximum atomic E-state index is 13.3. The molecule has 3 aromatic rings. The van der Waals surface area contributed by atoms with Crippen molar-refractivity contribution in [3.05, 3.63) is 63.3 Å². The molecule has 0 bridgehead atoms. The maximum Gasteiger partial charge on any atom is 0.416 e. The van der Waals surface area contributed by atoms with Gasteiger partial charge in [-0.3, -0.25) is 4.79 Å². The largest absolute Gasteiger partial charge is 0.416 e. The van der Waals surface area contributed by atoms with Crippen molar-refractivity contribution < 1.29 is 18.3 Å². The summed E-state index contributed by atoms with van der Waals surface area (Å²) in [6, 6.07) is 5.34. The lowest BCUT2D eigenvalue weighted by Gasteiger charge is -2.33. The molecule has 0 saturated heterocycles. The van der Waals surface area contributed by atoms with E-state index < -0.39 is 22.8 Å². The van der Waals surface area contributed by atoms with Crippen LogP contribution in [0.5, 0.6) is 0 Å². The average Bonchev–Trinajstić information content (AvgIpc) is 2.64. The summed E-state index contributed by atoms with van der Waals surface area (Å²) >= 11 is 3.44. The minimum Gasteiger partial charge on any atom is -0.393 e. The van der Waals surface area contributed by atoms with Gasteiger partial charge in [0.25, 0.3) is 5.56 Å². The van der Waals surface area contributed by atoms with Crippen LogP contribution >= 0.6 is 15.9 Å². The normalized spacial score (nSPS) is 19.8. The summed E-state index contributed by atoms with van der Waals surface area (Å²) in [7, 11) is 0. The average molecular weight is 497 g/mol. The van der Waals surface area contributed by atoms with Crippen molar-refractivity contribution in [2.75, 3.05) is 5.32 Å². The predicted molar refractivity (Wildman–Crippen MR) is 114 cm³/mol. The summed E-state index contributed by atoms with van der Waals surface area (Å²) in [5.74, 6) is 0.821. The maximum absolute atomic E-state index is 13.3. The molecule has 31 heavy (non-hydrogen) atoms. The third kappa shape index (κ3) is 4.18. The summed E-state index contributed by atoms with van der Waals surface area (Å²) in [6.07, 6.45) is -2.24. The number of aliphatic hydroxyl groups is 1. The lowest BCUT2D eigenvalue weighted by Crippen LogP contribution is -2.36. The Bertz CT molecular complexity index is 1210. The predicted octanol–water partition coefficient (Wildman–Crippen LogP) is 4.63. The van der Waals surface area contributed by atoms with Gasteiger partial charge in [0.2, 0.25) is 0 Å². The summed E-state index contributed by atoms with van der Waals surface area (Å²) < 4.78 is 41.4.